The van der Waals surface area contributed by atoms with E-state index in [1.165, 1.54) is 6.33 Å². The van der Waals surface area contributed by atoms with Crippen molar-refractivity contribution >= 4 is 11.5 Å². The van der Waals surface area contributed by atoms with E-state index in [0.717, 1.165) is 0 Å². The summed E-state index contributed by atoms with van der Waals surface area (Å²) in [6, 6.07) is 0. The Labute approximate surface area is 112 Å². The van der Waals surface area contributed by atoms with Crippen LogP contribution in [0.15, 0.2) is 6.33 Å². The van der Waals surface area contributed by atoms with Gasteiger partial charge in [-0.1, -0.05) is 0 Å². The third-order valence-electron chi connectivity index (χ3n) is 2.86. The molecule has 0 bridgehead atoms. The van der Waals surface area contributed by atoms with Crippen molar-refractivity contribution in [1.82, 2.24) is 9.97 Å². The van der Waals surface area contributed by atoms with Crippen LogP contribution in [0.25, 0.3) is 0 Å². The van der Waals surface area contributed by atoms with Crippen LogP contribution in [0.4, 0.5) is 11.5 Å². The van der Waals surface area contributed by atoms with Gasteiger partial charge in [-0.05, 0) is 13.8 Å². The molecule has 2 heterocycles. The molecule has 2 rings (SSSR count). The first-order chi connectivity index (χ1) is 9.00. The Balaban J connectivity index is 2.04. The monoisotopic (exact) mass is 268 g/mol. The topological polar surface area (TPSA) is 103 Å². The second-order valence-electron chi connectivity index (χ2n) is 4.99. The summed E-state index contributed by atoms with van der Waals surface area (Å²) in [7, 11) is 0. The minimum absolute atomic E-state index is 0.0162. The summed E-state index contributed by atoms with van der Waals surface area (Å²) in [4.78, 5) is 8.05. The van der Waals surface area contributed by atoms with Crippen molar-refractivity contribution in [3.8, 4) is 5.88 Å². The quantitative estimate of drug-likeness (QED) is 0.710. The minimum Gasteiger partial charge on any atom is -0.473 e. The number of nitrogen functional groups attached to an aromatic ring is 1. The van der Waals surface area contributed by atoms with E-state index in [2.05, 4.69) is 15.3 Å². The fourth-order valence-electron chi connectivity index (χ4n) is 1.82. The number of nitrogens with zero attached hydrogens (tertiary/aromatic N) is 2. The van der Waals surface area contributed by atoms with Crippen LogP contribution in [-0.4, -0.2) is 46.5 Å². The maximum Gasteiger partial charge on any atom is 0.242 e. The van der Waals surface area contributed by atoms with Crippen molar-refractivity contribution in [2.45, 2.75) is 32.0 Å². The molecule has 7 heteroatoms. The van der Waals surface area contributed by atoms with Gasteiger partial charge in [0, 0.05) is 19.6 Å². The lowest BCUT2D eigenvalue weighted by molar-refractivity contribution is 0.0381. The van der Waals surface area contributed by atoms with Crippen molar-refractivity contribution in [1.29, 1.82) is 0 Å². The first-order valence-electron chi connectivity index (χ1n) is 6.31. The molecule has 0 amide bonds. The van der Waals surface area contributed by atoms with Gasteiger partial charge in [-0.25, -0.2) is 4.98 Å². The molecule has 1 saturated heterocycles. The van der Waals surface area contributed by atoms with Gasteiger partial charge in [0.2, 0.25) is 5.88 Å². The molecule has 0 saturated carbocycles. The molecule has 1 atom stereocenters. The number of anilines is 2. The highest BCUT2D eigenvalue weighted by Gasteiger charge is 2.32. The molecule has 7 nitrogen and oxygen atoms in total. The van der Waals surface area contributed by atoms with Crippen LogP contribution in [0.1, 0.15) is 20.3 Å². The normalized spacial score (nSPS) is 22.7. The maximum atomic E-state index is 10.2. The van der Waals surface area contributed by atoms with E-state index in [1.807, 2.05) is 13.8 Å². The third-order valence-corrected chi connectivity index (χ3v) is 2.86. The fourth-order valence-corrected chi connectivity index (χ4v) is 1.82. The highest BCUT2D eigenvalue weighted by atomic mass is 16.5. The molecule has 1 aliphatic rings. The number of hydrogen-bond donors (Lipinski definition) is 3. The summed E-state index contributed by atoms with van der Waals surface area (Å²) in [5.74, 6) is 0.813. The molecule has 0 aromatic carbocycles. The predicted octanol–water partition coefficient (Wildman–Crippen LogP) is 0.409. The highest BCUT2D eigenvalue weighted by molar-refractivity contribution is 5.66. The summed E-state index contributed by atoms with van der Waals surface area (Å²) in [5.41, 5.74) is 5.42. The molecular weight excluding hydrogens is 248 g/mol. The van der Waals surface area contributed by atoms with Gasteiger partial charge in [0.05, 0.1) is 12.7 Å². The van der Waals surface area contributed by atoms with E-state index in [4.69, 9.17) is 15.2 Å². The van der Waals surface area contributed by atoms with Crippen molar-refractivity contribution in [2.75, 3.05) is 30.8 Å². The predicted molar refractivity (Wildman–Crippen MR) is 71.1 cm³/mol. The number of rotatable bonds is 5. The molecule has 19 heavy (non-hydrogen) atoms. The van der Waals surface area contributed by atoms with E-state index in [0.29, 0.717) is 43.6 Å². The zero-order valence-corrected chi connectivity index (χ0v) is 11.2. The number of nitrogens with one attached hydrogen (secondary N) is 1. The Morgan fingerprint density at radius 1 is 1.58 bits per heavy atom. The first-order valence-corrected chi connectivity index (χ1v) is 6.31. The largest absolute Gasteiger partial charge is 0.473 e. The van der Waals surface area contributed by atoms with Crippen molar-refractivity contribution in [3.63, 3.8) is 0 Å². The molecule has 0 spiro atoms. The smallest absolute Gasteiger partial charge is 0.242 e. The summed E-state index contributed by atoms with van der Waals surface area (Å²) >= 11 is 0. The molecule has 1 unspecified atom stereocenters. The number of aromatic nitrogens is 2. The zero-order valence-electron chi connectivity index (χ0n) is 11.2. The van der Waals surface area contributed by atoms with Crippen LogP contribution in [0, 0.1) is 0 Å². The summed E-state index contributed by atoms with van der Waals surface area (Å²) in [6.07, 6.45) is 1.96. The van der Waals surface area contributed by atoms with Crippen LogP contribution in [0.2, 0.25) is 0 Å². The Kier molecular flexibility index (Phi) is 4.06. The van der Waals surface area contributed by atoms with Crippen LogP contribution >= 0.6 is 0 Å². The molecule has 4 N–H and O–H groups in total. The first kappa shape index (κ1) is 13.8. The van der Waals surface area contributed by atoms with Gasteiger partial charge in [0.15, 0.2) is 5.82 Å². The number of aliphatic hydroxyl groups is 1. The maximum absolute atomic E-state index is 10.2. The van der Waals surface area contributed by atoms with E-state index in [1.54, 1.807) is 0 Å². The van der Waals surface area contributed by atoms with Crippen LogP contribution in [-0.2, 0) is 4.74 Å². The van der Waals surface area contributed by atoms with Crippen molar-refractivity contribution in [3.05, 3.63) is 6.33 Å². The van der Waals surface area contributed by atoms with Crippen molar-refractivity contribution in [2.24, 2.45) is 0 Å². The lowest BCUT2D eigenvalue weighted by Crippen LogP contribution is -2.37. The SMILES string of the molecule is CC(C)Oc1ncnc(NCC2(O)CCOC2)c1N. The molecule has 1 aromatic rings. The van der Waals surface area contributed by atoms with Gasteiger partial charge in [0.1, 0.15) is 17.6 Å². The Morgan fingerprint density at radius 2 is 2.37 bits per heavy atom. The summed E-state index contributed by atoms with van der Waals surface area (Å²) in [6.45, 7) is 5.01. The Hall–Kier alpha value is -1.60. The molecule has 0 aliphatic carbocycles. The zero-order chi connectivity index (χ0) is 13.9. The van der Waals surface area contributed by atoms with E-state index >= 15 is 0 Å². The summed E-state index contributed by atoms with van der Waals surface area (Å²) in [5, 5.41) is 13.2. The van der Waals surface area contributed by atoms with Crippen molar-refractivity contribution < 1.29 is 14.6 Å². The van der Waals surface area contributed by atoms with E-state index in [-0.39, 0.29) is 6.10 Å². The van der Waals surface area contributed by atoms with Crippen LogP contribution in [0.3, 0.4) is 0 Å². The second kappa shape index (κ2) is 5.58. The molecule has 1 aliphatic heterocycles. The van der Waals surface area contributed by atoms with E-state index in [9.17, 15) is 5.11 Å². The molecule has 1 aromatic heterocycles. The molecule has 106 valence electrons. The second-order valence-corrected chi connectivity index (χ2v) is 4.99. The Bertz CT molecular complexity index is 433. The number of ether oxygens (including phenoxy) is 2. The van der Waals surface area contributed by atoms with Gasteiger partial charge in [-0.2, -0.15) is 4.98 Å². The van der Waals surface area contributed by atoms with Crippen LogP contribution in [0.5, 0.6) is 5.88 Å². The highest BCUT2D eigenvalue weighted by Crippen LogP contribution is 2.26. The fraction of sp³-hybridized carbons (Fsp3) is 0.667. The standard InChI is InChI=1S/C12H20N4O3/c1-8(2)19-11-9(13)10(15-7-16-11)14-5-12(17)3-4-18-6-12/h7-8,17H,3-6,13H2,1-2H3,(H,14,15,16). The average molecular weight is 268 g/mol. The average Bonchev–Trinajstić information content (AvgIpc) is 2.77. The number of hydrogen-bond acceptors (Lipinski definition) is 7. The van der Waals surface area contributed by atoms with Gasteiger partial charge in [-0.15, -0.1) is 0 Å². The summed E-state index contributed by atoms with van der Waals surface area (Å²) < 4.78 is 10.7. The third kappa shape index (κ3) is 3.45. The molecular formula is C12H20N4O3. The van der Waals surface area contributed by atoms with Gasteiger partial charge in [-0.3, -0.25) is 0 Å². The van der Waals surface area contributed by atoms with Gasteiger partial charge < -0.3 is 25.6 Å². The molecule has 1 fully saturated rings. The van der Waals surface area contributed by atoms with Gasteiger partial charge in [0.25, 0.3) is 0 Å². The lowest BCUT2D eigenvalue weighted by atomic mass is 10.0. The minimum atomic E-state index is -0.865. The Morgan fingerprint density at radius 3 is 3.00 bits per heavy atom. The molecule has 0 radical (unpaired) electrons. The van der Waals surface area contributed by atoms with Gasteiger partial charge >= 0.3 is 0 Å². The lowest BCUT2D eigenvalue weighted by Gasteiger charge is -2.21. The van der Waals surface area contributed by atoms with Crippen LogP contribution < -0.4 is 15.8 Å². The number of nitrogens with two attached hydrogens (primary N) is 1. The van der Waals surface area contributed by atoms with E-state index < -0.39 is 5.60 Å².